The number of nitrogens with zero attached hydrogens (tertiary/aromatic N) is 3. The van der Waals surface area contributed by atoms with Gasteiger partial charge in [-0.2, -0.15) is 4.98 Å². The van der Waals surface area contributed by atoms with Crippen molar-refractivity contribution in [2.75, 3.05) is 11.5 Å². The summed E-state index contributed by atoms with van der Waals surface area (Å²) < 4.78 is 25.3. The molecule has 4 aromatic rings. The predicted octanol–water partition coefficient (Wildman–Crippen LogP) is 6.28. The van der Waals surface area contributed by atoms with Crippen LogP contribution in [0.1, 0.15) is 36.9 Å². The Hall–Kier alpha value is -4.46. The van der Waals surface area contributed by atoms with E-state index in [4.69, 9.17) is 9.26 Å². The summed E-state index contributed by atoms with van der Waals surface area (Å²) >= 11 is 0. The Labute approximate surface area is 208 Å². The summed E-state index contributed by atoms with van der Waals surface area (Å²) in [5.41, 5.74) is 4.32. The molecule has 1 unspecified atom stereocenters. The van der Waals surface area contributed by atoms with E-state index in [0.29, 0.717) is 29.4 Å². The molecule has 0 bridgehead atoms. The van der Waals surface area contributed by atoms with Gasteiger partial charge in [-0.1, -0.05) is 41.1 Å². The van der Waals surface area contributed by atoms with Crippen LogP contribution in [0.25, 0.3) is 17.0 Å². The summed E-state index contributed by atoms with van der Waals surface area (Å²) in [6, 6.07) is 20.3. The van der Waals surface area contributed by atoms with E-state index in [2.05, 4.69) is 15.5 Å². The van der Waals surface area contributed by atoms with E-state index in [1.54, 1.807) is 19.1 Å². The molecule has 1 atom stereocenters. The molecule has 1 N–H and O–H groups in total. The van der Waals surface area contributed by atoms with Gasteiger partial charge in [0, 0.05) is 11.3 Å². The lowest BCUT2D eigenvalue weighted by atomic mass is 9.94. The van der Waals surface area contributed by atoms with Gasteiger partial charge in [0.05, 0.1) is 23.9 Å². The fraction of sp³-hybridized carbons (Fsp3) is 0.179. The molecule has 0 fully saturated rings. The summed E-state index contributed by atoms with van der Waals surface area (Å²) in [6.45, 7) is 6.29. The van der Waals surface area contributed by atoms with Crippen molar-refractivity contribution in [3.63, 3.8) is 0 Å². The van der Waals surface area contributed by atoms with E-state index in [1.165, 1.54) is 17.0 Å². The number of benzene rings is 3. The molecule has 2 heterocycles. The van der Waals surface area contributed by atoms with Crippen molar-refractivity contribution in [1.82, 2.24) is 15.5 Å². The molecule has 5 rings (SSSR count). The molecule has 3 aromatic carbocycles. The van der Waals surface area contributed by atoms with Gasteiger partial charge < -0.3 is 14.6 Å². The van der Waals surface area contributed by atoms with Gasteiger partial charge in [0.15, 0.2) is 0 Å². The Bertz CT molecular complexity index is 1430. The highest BCUT2D eigenvalue weighted by molar-refractivity contribution is 6.01. The topological polar surface area (TPSA) is 80.5 Å². The number of allylic oxidation sites excluding steroid dienone is 1. The van der Waals surface area contributed by atoms with Crippen molar-refractivity contribution in [1.29, 1.82) is 0 Å². The Morgan fingerprint density at radius 1 is 1.06 bits per heavy atom. The lowest BCUT2D eigenvalue weighted by Gasteiger charge is -2.35. The van der Waals surface area contributed by atoms with E-state index < -0.39 is 11.9 Å². The second-order valence-electron chi connectivity index (χ2n) is 8.49. The number of amides is 2. The third-order valence-corrected chi connectivity index (χ3v) is 6.04. The van der Waals surface area contributed by atoms with Crippen molar-refractivity contribution < 1.29 is 18.4 Å². The molecule has 182 valence electrons. The van der Waals surface area contributed by atoms with Gasteiger partial charge in [-0.25, -0.2) is 9.18 Å². The van der Waals surface area contributed by atoms with Crippen molar-refractivity contribution in [2.45, 2.75) is 26.8 Å². The number of carbonyl (C=O) groups is 1. The van der Waals surface area contributed by atoms with Crippen LogP contribution in [0.5, 0.6) is 5.75 Å². The molecular weight excluding hydrogens is 459 g/mol. The predicted molar refractivity (Wildman–Crippen MR) is 135 cm³/mol. The number of hydrogen-bond donors (Lipinski definition) is 1. The van der Waals surface area contributed by atoms with Crippen LogP contribution in [0.2, 0.25) is 0 Å². The van der Waals surface area contributed by atoms with Crippen LogP contribution in [0.4, 0.5) is 14.9 Å². The smallest absolute Gasteiger partial charge is 0.327 e. The number of rotatable bonds is 6. The Morgan fingerprint density at radius 2 is 1.81 bits per heavy atom. The first kappa shape index (κ1) is 23.3. The largest absolute Gasteiger partial charge is 0.494 e. The lowest BCUT2D eigenvalue weighted by molar-refractivity contribution is 0.244. The van der Waals surface area contributed by atoms with E-state index in [1.807, 2.05) is 62.4 Å². The van der Waals surface area contributed by atoms with E-state index >= 15 is 0 Å². The number of urea groups is 1. The van der Waals surface area contributed by atoms with Crippen molar-refractivity contribution in [3.8, 4) is 17.1 Å². The quantitative estimate of drug-likeness (QED) is 0.348. The maximum absolute atomic E-state index is 14.0. The van der Waals surface area contributed by atoms with Crippen molar-refractivity contribution >= 4 is 17.3 Å². The minimum atomic E-state index is -0.531. The van der Waals surface area contributed by atoms with Gasteiger partial charge in [0.1, 0.15) is 11.6 Å². The van der Waals surface area contributed by atoms with Crippen LogP contribution < -0.4 is 15.0 Å². The molecule has 0 spiro atoms. The van der Waals surface area contributed by atoms with Gasteiger partial charge in [-0.05, 0) is 68.8 Å². The monoisotopic (exact) mass is 484 g/mol. The summed E-state index contributed by atoms with van der Waals surface area (Å²) in [5, 5.41) is 7.22. The summed E-state index contributed by atoms with van der Waals surface area (Å²) in [6.07, 6.45) is 0. The van der Waals surface area contributed by atoms with Gasteiger partial charge in [-0.3, -0.25) is 4.90 Å². The lowest BCUT2D eigenvalue weighted by Crippen LogP contribution is -2.46. The van der Waals surface area contributed by atoms with Crippen LogP contribution in [0.3, 0.4) is 0 Å². The number of halogens is 1. The zero-order chi connectivity index (χ0) is 25.2. The number of carbonyl (C=O) groups excluding carboxylic acids is 1. The normalized spacial score (nSPS) is 15.7. The maximum Gasteiger partial charge on any atom is 0.327 e. The molecular formula is C28H25FN4O3. The zero-order valence-corrected chi connectivity index (χ0v) is 20.2. The molecule has 1 aliphatic rings. The van der Waals surface area contributed by atoms with Crippen LogP contribution in [-0.2, 0) is 0 Å². The molecule has 0 radical (unpaired) electrons. The van der Waals surface area contributed by atoms with Crippen LogP contribution in [0, 0.1) is 12.7 Å². The fourth-order valence-corrected chi connectivity index (χ4v) is 4.27. The average Bonchev–Trinajstić information content (AvgIpc) is 3.35. The first-order chi connectivity index (χ1) is 17.4. The standard InChI is InChI=1S/C28H25FN4O3/c1-4-35-23-14-12-20(13-15-23)26-31-27(36-32-26)24-18(3)33(22-7-5-6-21(29)16-22)28(34)30-25(24)19-10-8-17(2)9-11-19/h5-16,25H,4H2,1-3H3,(H,30,34). The minimum absolute atomic E-state index is 0.267. The molecule has 2 amide bonds. The first-order valence-corrected chi connectivity index (χ1v) is 11.7. The number of aromatic nitrogens is 2. The number of aryl methyl sites for hydroxylation is 1. The summed E-state index contributed by atoms with van der Waals surface area (Å²) in [4.78, 5) is 19.3. The highest BCUT2D eigenvalue weighted by Gasteiger charge is 2.36. The summed E-state index contributed by atoms with van der Waals surface area (Å²) in [5.74, 6) is 0.989. The third kappa shape index (κ3) is 4.45. The van der Waals surface area contributed by atoms with E-state index in [-0.39, 0.29) is 11.9 Å². The summed E-state index contributed by atoms with van der Waals surface area (Å²) in [7, 11) is 0. The zero-order valence-electron chi connectivity index (χ0n) is 20.2. The Balaban J connectivity index is 1.61. The highest BCUT2D eigenvalue weighted by Crippen LogP contribution is 2.39. The number of nitrogens with one attached hydrogen (secondary N) is 1. The minimum Gasteiger partial charge on any atom is -0.494 e. The van der Waals surface area contributed by atoms with Gasteiger partial charge in [0.25, 0.3) is 5.89 Å². The Kier molecular flexibility index (Phi) is 6.25. The van der Waals surface area contributed by atoms with Gasteiger partial charge >= 0.3 is 6.03 Å². The molecule has 36 heavy (non-hydrogen) atoms. The molecule has 1 aromatic heterocycles. The van der Waals surface area contributed by atoms with Crippen LogP contribution in [-0.4, -0.2) is 22.8 Å². The molecule has 7 nitrogen and oxygen atoms in total. The second-order valence-corrected chi connectivity index (χ2v) is 8.49. The molecule has 0 aliphatic carbocycles. The van der Waals surface area contributed by atoms with E-state index in [9.17, 15) is 9.18 Å². The fourth-order valence-electron chi connectivity index (χ4n) is 4.27. The SMILES string of the molecule is CCOc1ccc(-c2noc(C3=C(C)N(c4cccc(F)c4)C(=O)NC3c3ccc(C)cc3)n2)cc1. The van der Waals surface area contributed by atoms with Crippen molar-refractivity contribution in [2.24, 2.45) is 0 Å². The van der Waals surface area contributed by atoms with Crippen molar-refractivity contribution in [3.05, 3.63) is 101 Å². The number of anilines is 1. The van der Waals surface area contributed by atoms with Crippen LogP contribution in [0.15, 0.2) is 83.0 Å². The molecule has 0 saturated heterocycles. The average molecular weight is 485 g/mol. The molecule has 8 heteroatoms. The maximum atomic E-state index is 14.0. The Morgan fingerprint density at radius 3 is 2.50 bits per heavy atom. The van der Waals surface area contributed by atoms with Crippen LogP contribution >= 0.6 is 0 Å². The highest BCUT2D eigenvalue weighted by atomic mass is 19.1. The van der Waals surface area contributed by atoms with Gasteiger partial charge in [0.2, 0.25) is 5.82 Å². The second kappa shape index (κ2) is 9.65. The number of ether oxygens (including phenoxy) is 1. The van der Waals surface area contributed by atoms with Gasteiger partial charge in [-0.15, -0.1) is 0 Å². The van der Waals surface area contributed by atoms with E-state index in [0.717, 1.165) is 22.4 Å². The number of hydrogen-bond acceptors (Lipinski definition) is 5. The molecule has 0 saturated carbocycles. The molecule has 1 aliphatic heterocycles. The third-order valence-electron chi connectivity index (χ3n) is 6.04. The first-order valence-electron chi connectivity index (χ1n) is 11.7.